The fourth-order valence-corrected chi connectivity index (χ4v) is 2.07. The molecule has 0 aromatic carbocycles. The van der Waals surface area contributed by atoms with E-state index in [1.165, 1.54) is 5.57 Å². The molecule has 0 aromatic rings. The van der Waals surface area contributed by atoms with Gasteiger partial charge in [-0.1, -0.05) is 18.2 Å². The number of carbonyl (C=O) groups is 1. The third-order valence-electron chi connectivity index (χ3n) is 2.63. The van der Waals surface area contributed by atoms with Crippen molar-refractivity contribution in [2.24, 2.45) is 11.8 Å². The Morgan fingerprint density at radius 3 is 3.00 bits per heavy atom. The highest BCUT2D eigenvalue weighted by Gasteiger charge is 2.50. The average Bonchev–Trinajstić information content (AvgIpc) is 2.40. The lowest BCUT2D eigenvalue weighted by molar-refractivity contribution is -0.134. The van der Waals surface area contributed by atoms with Gasteiger partial charge in [0.1, 0.15) is 0 Å². The number of carbonyl (C=O) groups excluding carboxylic acids is 1. The maximum absolute atomic E-state index is 10.9. The zero-order chi connectivity index (χ0) is 6.72. The Morgan fingerprint density at radius 1 is 1.50 bits per heavy atom. The summed E-state index contributed by atoms with van der Waals surface area (Å²) < 4.78 is 0. The summed E-state index contributed by atoms with van der Waals surface area (Å²) in [5, 5.41) is 2.88. The number of hydrogen-bond donors (Lipinski definition) is 1. The van der Waals surface area contributed by atoms with E-state index in [4.69, 9.17) is 0 Å². The second-order valence-corrected chi connectivity index (χ2v) is 3.12. The van der Waals surface area contributed by atoms with Crippen LogP contribution in [-0.2, 0) is 4.79 Å². The summed E-state index contributed by atoms with van der Waals surface area (Å²) in [5.41, 5.74) is 1.31. The molecule has 1 N–H and O–H groups in total. The Balaban J connectivity index is 2.09. The van der Waals surface area contributed by atoms with Gasteiger partial charge in [0.05, 0.1) is 12.0 Å². The van der Waals surface area contributed by atoms with Crippen LogP contribution in [-0.4, -0.2) is 11.9 Å². The van der Waals surface area contributed by atoms with Gasteiger partial charge in [-0.3, -0.25) is 4.79 Å². The Hall–Kier alpha value is -1.05. The van der Waals surface area contributed by atoms with Crippen LogP contribution in [0, 0.1) is 11.8 Å². The van der Waals surface area contributed by atoms with Crippen molar-refractivity contribution in [2.75, 3.05) is 0 Å². The molecule has 0 unspecified atom stereocenters. The second-order valence-electron chi connectivity index (χ2n) is 3.12. The summed E-state index contributed by atoms with van der Waals surface area (Å²) >= 11 is 0. The van der Waals surface area contributed by atoms with Gasteiger partial charge < -0.3 is 5.32 Å². The zero-order valence-electron chi connectivity index (χ0n) is 5.37. The fourth-order valence-electron chi connectivity index (χ4n) is 2.07. The summed E-state index contributed by atoms with van der Waals surface area (Å²) in [4.78, 5) is 10.9. The molecule has 3 atom stereocenters. The smallest absolute Gasteiger partial charge is 0.226 e. The van der Waals surface area contributed by atoms with Crippen LogP contribution in [0.4, 0.5) is 0 Å². The molecule has 50 valence electrons. The van der Waals surface area contributed by atoms with Crippen molar-refractivity contribution in [1.82, 2.24) is 5.32 Å². The number of fused-ring (bicyclic) bond motifs is 4. The van der Waals surface area contributed by atoms with Crippen molar-refractivity contribution >= 4 is 5.91 Å². The lowest BCUT2D eigenvalue weighted by atomic mass is 9.81. The van der Waals surface area contributed by atoms with Crippen molar-refractivity contribution in [3.63, 3.8) is 0 Å². The highest BCUT2D eigenvalue weighted by molar-refractivity contribution is 5.90. The normalized spacial score (nSPS) is 46.2. The number of rotatable bonds is 0. The molecule has 2 heteroatoms. The van der Waals surface area contributed by atoms with Crippen LogP contribution in [0.1, 0.15) is 0 Å². The third-order valence-corrected chi connectivity index (χ3v) is 2.63. The number of amides is 1. The summed E-state index contributed by atoms with van der Waals surface area (Å²) in [7, 11) is 0. The van der Waals surface area contributed by atoms with Crippen LogP contribution in [0.2, 0.25) is 0 Å². The Labute approximate surface area is 58.6 Å². The van der Waals surface area contributed by atoms with Gasteiger partial charge >= 0.3 is 0 Å². The first kappa shape index (κ1) is 4.72. The van der Waals surface area contributed by atoms with Crippen LogP contribution in [0.15, 0.2) is 23.8 Å². The highest BCUT2D eigenvalue weighted by Crippen LogP contribution is 2.42. The van der Waals surface area contributed by atoms with Crippen LogP contribution in [0.25, 0.3) is 0 Å². The molecule has 0 radical (unpaired) electrons. The van der Waals surface area contributed by atoms with Gasteiger partial charge in [0, 0.05) is 5.92 Å². The lowest BCUT2D eigenvalue weighted by Crippen LogP contribution is -2.59. The minimum absolute atomic E-state index is 0.227. The van der Waals surface area contributed by atoms with Gasteiger partial charge in [-0.05, 0) is 5.57 Å². The van der Waals surface area contributed by atoms with E-state index in [0.29, 0.717) is 12.0 Å². The van der Waals surface area contributed by atoms with Gasteiger partial charge in [-0.15, -0.1) is 0 Å². The number of β-lactam (4-membered cyclic amide) rings is 1. The van der Waals surface area contributed by atoms with Gasteiger partial charge in [-0.25, -0.2) is 0 Å². The molecule has 1 heterocycles. The summed E-state index contributed by atoms with van der Waals surface area (Å²) in [6, 6.07) is 0.377. The molecule has 0 spiro atoms. The van der Waals surface area contributed by atoms with E-state index in [1.807, 2.05) is 0 Å². The van der Waals surface area contributed by atoms with E-state index < -0.39 is 0 Å². The van der Waals surface area contributed by atoms with E-state index in [1.54, 1.807) is 0 Å². The molecular formula is C8H7NO. The third kappa shape index (κ3) is 0.315. The van der Waals surface area contributed by atoms with Crippen LogP contribution in [0.3, 0.4) is 0 Å². The number of hydrogen-bond acceptors (Lipinski definition) is 1. The average molecular weight is 133 g/mol. The number of nitrogens with one attached hydrogen (secondary N) is 1. The van der Waals surface area contributed by atoms with Gasteiger partial charge in [-0.2, -0.15) is 0 Å². The molecule has 2 nitrogen and oxygen atoms in total. The van der Waals surface area contributed by atoms with Crippen molar-refractivity contribution in [3.8, 4) is 0 Å². The van der Waals surface area contributed by atoms with Gasteiger partial charge in [0.25, 0.3) is 0 Å². The topological polar surface area (TPSA) is 29.1 Å². The van der Waals surface area contributed by atoms with Crippen LogP contribution >= 0.6 is 0 Å². The minimum Gasteiger partial charge on any atom is -0.348 e. The molecule has 2 bridgehead atoms. The van der Waals surface area contributed by atoms with E-state index in [9.17, 15) is 4.79 Å². The summed E-state index contributed by atoms with van der Waals surface area (Å²) in [5.74, 6) is 0.916. The molecule has 10 heavy (non-hydrogen) atoms. The quantitative estimate of drug-likeness (QED) is 0.471. The van der Waals surface area contributed by atoms with Crippen molar-refractivity contribution in [3.05, 3.63) is 23.8 Å². The minimum atomic E-state index is 0.227. The first-order valence-corrected chi connectivity index (χ1v) is 3.56. The maximum Gasteiger partial charge on any atom is 0.226 e. The van der Waals surface area contributed by atoms with Gasteiger partial charge in [0.15, 0.2) is 0 Å². The van der Waals surface area contributed by atoms with Gasteiger partial charge in [0.2, 0.25) is 5.91 Å². The predicted molar refractivity (Wildman–Crippen MR) is 36.1 cm³/mol. The first-order chi connectivity index (χ1) is 4.86. The maximum atomic E-state index is 10.9. The van der Waals surface area contributed by atoms with E-state index >= 15 is 0 Å². The first-order valence-electron chi connectivity index (χ1n) is 3.56. The Kier molecular flexibility index (Phi) is 0.562. The highest BCUT2D eigenvalue weighted by atomic mass is 16.2. The Morgan fingerprint density at radius 2 is 2.40 bits per heavy atom. The van der Waals surface area contributed by atoms with E-state index in [-0.39, 0.29) is 11.8 Å². The van der Waals surface area contributed by atoms with Crippen LogP contribution in [0.5, 0.6) is 0 Å². The molecule has 0 aromatic heterocycles. The van der Waals surface area contributed by atoms with Crippen molar-refractivity contribution in [2.45, 2.75) is 6.04 Å². The van der Waals surface area contributed by atoms with Crippen molar-refractivity contribution < 1.29 is 4.79 Å². The zero-order valence-corrected chi connectivity index (χ0v) is 5.37. The largest absolute Gasteiger partial charge is 0.348 e. The van der Waals surface area contributed by atoms with Crippen molar-refractivity contribution in [1.29, 1.82) is 0 Å². The molecule has 2 aliphatic carbocycles. The standard InChI is InChI=1S/C8H7NO/c10-8-6-4-1-2-5(3-4)7(6)9-8/h1-4,6-7H,(H,9,10)/t4-,6+,7-/m0/s1. The molecule has 3 aliphatic rings. The number of allylic oxidation sites excluding steroid dienone is 2. The van der Waals surface area contributed by atoms with E-state index in [2.05, 4.69) is 23.5 Å². The second kappa shape index (κ2) is 1.19. The summed E-state index contributed by atoms with van der Waals surface area (Å²) in [6.45, 7) is 0. The molecule has 1 saturated heterocycles. The van der Waals surface area contributed by atoms with Crippen LogP contribution < -0.4 is 5.32 Å². The molecular weight excluding hydrogens is 126 g/mol. The molecule has 1 amide bonds. The fraction of sp³-hybridized carbons (Fsp3) is 0.375. The molecule has 1 aliphatic heterocycles. The molecule has 1 fully saturated rings. The van der Waals surface area contributed by atoms with E-state index in [0.717, 1.165) is 0 Å². The molecule has 0 saturated carbocycles. The summed E-state index contributed by atoms with van der Waals surface area (Å²) in [6.07, 6.45) is 6.42. The monoisotopic (exact) mass is 133 g/mol. The SMILES string of the molecule is O=C1N[C@H]2C3=C[C@H](C=C3)[C@@H]12. The predicted octanol–water partition coefficient (Wildman–Crippen LogP) is 0.227. The Bertz CT molecular complexity index is 277. The molecule has 3 rings (SSSR count). The lowest BCUT2D eigenvalue weighted by Gasteiger charge is -2.37.